The van der Waals surface area contributed by atoms with Gasteiger partial charge in [0.2, 0.25) is 11.6 Å². The summed E-state index contributed by atoms with van der Waals surface area (Å²) in [6.07, 6.45) is 8.65. The largest absolute Gasteiger partial charge is 0.345 e. The Bertz CT molecular complexity index is 1490. The summed E-state index contributed by atoms with van der Waals surface area (Å²) < 4.78 is 26.6. The molecule has 0 N–H and O–H groups in total. The van der Waals surface area contributed by atoms with Crippen LogP contribution in [0.15, 0.2) is 24.3 Å². The van der Waals surface area contributed by atoms with E-state index in [2.05, 4.69) is 69.6 Å². The summed E-state index contributed by atoms with van der Waals surface area (Å²) >= 11 is 0. The second-order valence-electron chi connectivity index (χ2n) is 17.5. The average Bonchev–Trinajstić information content (AvgIpc) is 3.47. The lowest BCUT2D eigenvalue weighted by atomic mass is 9.57. The first-order chi connectivity index (χ1) is 24.0. The highest BCUT2D eigenvalue weighted by atomic mass is 17.3. The molecule has 1 aromatic rings. The van der Waals surface area contributed by atoms with Crippen LogP contribution in [0.5, 0.6) is 0 Å². The zero-order valence-corrected chi connectivity index (χ0v) is 30.6. The molecule has 1 aromatic carbocycles. The molecule has 16 atom stereocenters. The second-order valence-corrected chi connectivity index (χ2v) is 17.5. The van der Waals surface area contributed by atoms with Gasteiger partial charge in [-0.1, -0.05) is 57.4 Å². The zero-order valence-electron chi connectivity index (χ0n) is 30.6. The molecule has 2 unspecified atom stereocenters. The Balaban J connectivity index is 0.874. The normalized spacial score (nSPS) is 51.5. The fraction of sp³-hybridized carbons (Fsp3) is 0.762. The zero-order chi connectivity index (χ0) is 34.5. The molecule has 2 saturated carbocycles. The van der Waals surface area contributed by atoms with Gasteiger partial charge in [-0.15, -0.1) is 0 Å². The molecule has 2 spiro atoms. The molecule has 8 aliphatic heterocycles. The van der Waals surface area contributed by atoms with Crippen LogP contribution in [0.4, 0.5) is 0 Å². The lowest BCUT2D eigenvalue weighted by Crippen LogP contribution is -2.70. The molecule has 8 heterocycles. The van der Waals surface area contributed by atoms with Crippen molar-refractivity contribution in [1.82, 2.24) is 0 Å². The third kappa shape index (κ3) is 5.19. The van der Waals surface area contributed by atoms with Crippen molar-refractivity contribution < 1.29 is 38.5 Å². The van der Waals surface area contributed by atoms with Gasteiger partial charge in [-0.25, -0.2) is 19.6 Å². The molecule has 0 amide bonds. The van der Waals surface area contributed by atoms with E-state index in [1.807, 2.05) is 19.9 Å². The number of rotatable bonds is 2. The molecule has 10 fully saturated rings. The Kier molecular flexibility index (Phi) is 8.31. The number of hydrogen-bond acceptors (Lipinski definition) is 8. The SMILES string of the molecule is C[C@@H]1CC[C@H]2[C@@H](C)C(CC#Cc3cccc(C#CCC4O[C@H]5O[C@@]6(C)CC[C@H]7[C@H](C)CC[C@@H]([C@H]4C)[C@@]57OO6)c3)O[C@H]3O[C@@]4(C)CC[C@@H]1[C@]32OO4. The first-order valence-electron chi connectivity index (χ1n) is 19.5. The van der Waals surface area contributed by atoms with Gasteiger partial charge in [0, 0.05) is 48.6 Å². The van der Waals surface area contributed by atoms with Gasteiger partial charge in [-0.3, -0.25) is 0 Å². The predicted molar refractivity (Wildman–Crippen MR) is 183 cm³/mol. The number of ether oxygens (including phenoxy) is 4. The quantitative estimate of drug-likeness (QED) is 0.232. The Morgan fingerprint density at radius 3 is 1.52 bits per heavy atom. The van der Waals surface area contributed by atoms with Gasteiger partial charge in [0.1, 0.15) is 0 Å². The van der Waals surface area contributed by atoms with Crippen LogP contribution >= 0.6 is 0 Å². The highest BCUT2D eigenvalue weighted by molar-refractivity contribution is 5.43. The minimum Gasteiger partial charge on any atom is -0.345 e. The lowest BCUT2D eigenvalue weighted by Gasteiger charge is -2.60. The highest BCUT2D eigenvalue weighted by Gasteiger charge is 2.70. The van der Waals surface area contributed by atoms with E-state index in [-0.39, 0.29) is 24.0 Å². The van der Waals surface area contributed by atoms with Crippen LogP contribution in [0.2, 0.25) is 0 Å². The van der Waals surface area contributed by atoms with Crippen LogP contribution in [-0.2, 0) is 38.5 Å². The molecular formula is C42H54O8. The molecule has 10 aliphatic rings. The Labute approximate surface area is 297 Å². The number of benzene rings is 1. The molecule has 50 heavy (non-hydrogen) atoms. The summed E-state index contributed by atoms with van der Waals surface area (Å²) in [5.74, 6) is 15.2. The summed E-state index contributed by atoms with van der Waals surface area (Å²) in [6.45, 7) is 13.2. The van der Waals surface area contributed by atoms with E-state index < -0.39 is 35.4 Å². The Hall–Kier alpha value is -1.98. The van der Waals surface area contributed by atoms with Gasteiger partial charge in [-0.2, -0.15) is 0 Å². The minimum atomic E-state index is -0.763. The molecule has 8 saturated heterocycles. The van der Waals surface area contributed by atoms with Crippen LogP contribution in [0.25, 0.3) is 0 Å². The van der Waals surface area contributed by atoms with E-state index in [0.717, 1.165) is 49.7 Å². The minimum absolute atomic E-state index is 0.0295. The topological polar surface area (TPSA) is 73.8 Å². The summed E-state index contributed by atoms with van der Waals surface area (Å²) in [5.41, 5.74) is 0.840. The maximum Gasteiger partial charge on any atom is 0.201 e. The summed E-state index contributed by atoms with van der Waals surface area (Å²) in [6, 6.07) is 8.23. The van der Waals surface area contributed by atoms with Gasteiger partial charge in [0.15, 0.2) is 23.8 Å². The van der Waals surface area contributed by atoms with Crippen molar-refractivity contribution in [3.63, 3.8) is 0 Å². The molecular weight excluding hydrogens is 632 g/mol. The Morgan fingerprint density at radius 2 is 1.06 bits per heavy atom. The average molecular weight is 687 g/mol. The van der Waals surface area contributed by atoms with Crippen LogP contribution in [0.1, 0.15) is 117 Å². The van der Waals surface area contributed by atoms with E-state index in [1.54, 1.807) is 0 Å². The van der Waals surface area contributed by atoms with Crippen LogP contribution < -0.4 is 0 Å². The van der Waals surface area contributed by atoms with Gasteiger partial charge in [0.05, 0.1) is 12.2 Å². The highest BCUT2D eigenvalue weighted by Crippen LogP contribution is 2.62. The van der Waals surface area contributed by atoms with E-state index in [4.69, 9.17) is 38.5 Å². The molecule has 270 valence electrons. The van der Waals surface area contributed by atoms with Crippen molar-refractivity contribution in [2.75, 3.05) is 0 Å². The molecule has 0 radical (unpaired) electrons. The van der Waals surface area contributed by atoms with E-state index in [9.17, 15) is 0 Å². The summed E-state index contributed by atoms with van der Waals surface area (Å²) in [4.78, 5) is 24.6. The van der Waals surface area contributed by atoms with Crippen molar-refractivity contribution >= 4 is 0 Å². The van der Waals surface area contributed by atoms with Crippen molar-refractivity contribution in [3.05, 3.63) is 35.4 Å². The molecule has 8 nitrogen and oxygen atoms in total. The standard InChI is InChI=1S/C42H54O8/c1-25-16-18-33-27(3)35(43-37-41(33)31(25)20-22-39(5,45-37)47-49-41)14-8-12-29-10-7-11-30(24-29)13-9-15-36-28(4)34-19-17-26(2)32-21-23-40(6)46-38(44-36)42(32,34)50-48-40/h7,10-11,24-28,31-38H,14-23H2,1-6H3/t25-,26-,27-,28-,31+,32+,33+,34+,35?,36?,37+,38+,39-,40-,41-,42-/m1/s1. The predicted octanol–water partition coefficient (Wildman–Crippen LogP) is 7.67. The first-order valence-corrected chi connectivity index (χ1v) is 19.5. The van der Waals surface area contributed by atoms with E-state index in [0.29, 0.717) is 48.3 Å². The van der Waals surface area contributed by atoms with Gasteiger partial charge < -0.3 is 18.9 Å². The fourth-order valence-electron chi connectivity index (χ4n) is 11.6. The molecule has 2 aliphatic carbocycles. The van der Waals surface area contributed by atoms with Crippen LogP contribution in [-0.4, -0.2) is 47.6 Å². The van der Waals surface area contributed by atoms with Crippen molar-refractivity contribution in [3.8, 4) is 23.7 Å². The van der Waals surface area contributed by atoms with E-state index in [1.165, 1.54) is 12.8 Å². The summed E-state index contributed by atoms with van der Waals surface area (Å²) in [5, 5.41) is 0. The fourth-order valence-corrected chi connectivity index (χ4v) is 11.6. The smallest absolute Gasteiger partial charge is 0.201 e. The first kappa shape index (κ1) is 33.8. The van der Waals surface area contributed by atoms with Gasteiger partial charge >= 0.3 is 0 Å². The van der Waals surface area contributed by atoms with Gasteiger partial charge in [0.25, 0.3) is 0 Å². The molecule has 11 rings (SSSR count). The molecule has 4 bridgehead atoms. The number of hydrogen-bond donors (Lipinski definition) is 0. The van der Waals surface area contributed by atoms with Crippen LogP contribution in [0.3, 0.4) is 0 Å². The van der Waals surface area contributed by atoms with Crippen molar-refractivity contribution in [2.24, 2.45) is 47.3 Å². The van der Waals surface area contributed by atoms with Gasteiger partial charge in [-0.05, 0) is 106 Å². The second kappa shape index (κ2) is 12.3. The summed E-state index contributed by atoms with van der Waals surface area (Å²) in [7, 11) is 0. The van der Waals surface area contributed by atoms with E-state index >= 15 is 0 Å². The maximum absolute atomic E-state index is 6.74. The third-order valence-corrected chi connectivity index (χ3v) is 14.5. The van der Waals surface area contributed by atoms with Crippen LogP contribution in [0, 0.1) is 71.0 Å². The van der Waals surface area contributed by atoms with Crippen molar-refractivity contribution in [2.45, 2.75) is 153 Å². The molecule has 0 aromatic heterocycles. The lowest BCUT2D eigenvalue weighted by molar-refractivity contribution is -0.571. The molecule has 8 heteroatoms. The number of fused-ring (bicyclic) bond motifs is 4. The third-order valence-electron chi connectivity index (χ3n) is 14.5. The Morgan fingerprint density at radius 1 is 0.600 bits per heavy atom. The maximum atomic E-state index is 6.74. The monoisotopic (exact) mass is 686 g/mol. The van der Waals surface area contributed by atoms with Crippen molar-refractivity contribution in [1.29, 1.82) is 0 Å².